The van der Waals surface area contributed by atoms with E-state index >= 15 is 0 Å². The normalized spacial score (nSPS) is 19.1. The van der Waals surface area contributed by atoms with Gasteiger partial charge in [-0.2, -0.15) is 0 Å². The average molecular weight is 374 g/mol. The minimum absolute atomic E-state index is 0.191. The van der Waals surface area contributed by atoms with Crippen molar-refractivity contribution in [1.29, 1.82) is 0 Å². The molecule has 2 fully saturated rings. The summed E-state index contributed by atoms with van der Waals surface area (Å²) < 4.78 is 0. The Morgan fingerprint density at radius 2 is 1.62 bits per heavy atom. The number of benzene rings is 1. The quantitative estimate of drug-likeness (QED) is 0.822. The molecule has 0 unspecified atom stereocenters. The number of thiocarbonyl (C=S) groups is 1. The zero-order chi connectivity index (χ0) is 18.2. The second kappa shape index (κ2) is 9.91. The highest BCUT2D eigenvalue weighted by Crippen LogP contribution is 2.21. The molecule has 0 aliphatic carbocycles. The lowest BCUT2D eigenvalue weighted by Crippen LogP contribution is -2.47. The number of carbonyl (C=O) groups is 1. The number of nitrogens with zero attached hydrogens (tertiary/aromatic N) is 2. The number of rotatable bonds is 4. The monoisotopic (exact) mass is 373 g/mol. The number of nitrogens with one attached hydrogen (secondary N) is 1. The van der Waals surface area contributed by atoms with Gasteiger partial charge in [0.1, 0.15) is 0 Å². The molecule has 0 saturated carbocycles. The Balaban J connectivity index is 1.38. The van der Waals surface area contributed by atoms with Crippen LogP contribution in [0.1, 0.15) is 44.1 Å². The van der Waals surface area contributed by atoms with Gasteiger partial charge in [0.2, 0.25) is 5.91 Å². The summed E-state index contributed by atoms with van der Waals surface area (Å²) in [7, 11) is 0. The molecular weight excluding hydrogens is 342 g/mol. The van der Waals surface area contributed by atoms with E-state index in [-0.39, 0.29) is 5.92 Å². The Bertz CT molecular complexity index is 576. The average Bonchev–Trinajstić information content (AvgIpc) is 2.98. The summed E-state index contributed by atoms with van der Waals surface area (Å²) in [5, 5.41) is 4.21. The molecule has 2 heterocycles. The first kappa shape index (κ1) is 19.2. The van der Waals surface area contributed by atoms with Gasteiger partial charge in [-0.05, 0) is 49.9 Å². The van der Waals surface area contributed by atoms with Gasteiger partial charge in [-0.1, -0.05) is 43.2 Å². The lowest BCUT2D eigenvalue weighted by atomic mass is 9.95. The molecule has 2 saturated heterocycles. The molecule has 1 N–H and O–H groups in total. The molecule has 0 radical (unpaired) electrons. The Morgan fingerprint density at radius 1 is 0.962 bits per heavy atom. The van der Waals surface area contributed by atoms with Gasteiger partial charge >= 0.3 is 0 Å². The summed E-state index contributed by atoms with van der Waals surface area (Å²) in [6.07, 6.45) is 7.70. The third-order valence-corrected chi connectivity index (χ3v) is 5.98. The summed E-state index contributed by atoms with van der Waals surface area (Å²) in [4.78, 5) is 17.1. The van der Waals surface area contributed by atoms with Crippen molar-refractivity contribution >= 4 is 23.2 Å². The van der Waals surface area contributed by atoms with Crippen molar-refractivity contribution < 1.29 is 4.79 Å². The highest BCUT2D eigenvalue weighted by Gasteiger charge is 2.29. The predicted octanol–water partition coefficient (Wildman–Crippen LogP) is 3.22. The van der Waals surface area contributed by atoms with E-state index in [2.05, 4.69) is 39.4 Å². The molecular formula is C21H31N3OS. The van der Waals surface area contributed by atoms with Crippen molar-refractivity contribution in [3.8, 4) is 0 Å². The second-order valence-corrected chi connectivity index (χ2v) is 7.86. The highest BCUT2D eigenvalue weighted by atomic mass is 32.1. The molecule has 2 aliphatic heterocycles. The Labute approximate surface area is 162 Å². The van der Waals surface area contributed by atoms with Crippen LogP contribution in [0, 0.1) is 5.92 Å². The third-order valence-electron chi connectivity index (χ3n) is 5.58. The van der Waals surface area contributed by atoms with Gasteiger partial charge in [0.25, 0.3) is 0 Å². The molecule has 0 atom stereocenters. The minimum Gasteiger partial charge on any atom is -0.362 e. The number of carbonyl (C=O) groups excluding carboxylic acids is 1. The summed E-state index contributed by atoms with van der Waals surface area (Å²) in [5.74, 6) is 0.575. The van der Waals surface area contributed by atoms with Crippen LogP contribution >= 0.6 is 12.2 Å². The zero-order valence-electron chi connectivity index (χ0n) is 15.7. The smallest absolute Gasteiger partial charge is 0.225 e. The predicted molar refractivity (Wildman–Crippen MR) is 110 cm³/mol. The van der Waals surface area contributed by atoms with Gasteiger partial charge in [-0.15, -0.1) is 0 Å². The van der Waals surface area contributed by atoms with Crippen LogP contribution in [0.15, 0.2) is 30.3 Å². The van der Waals surface area contributed by atoms with Crippen LogP contribution < -0.4 is 5.32 Å². The van der Waals surface area contributed by atoms with E-state index in [1.807, 2.05) is 6.07 Å². The van der Waals surface area contributed by atoms with E-state index in [0.717, 1.165) is 57.1 Å². The number of likely N-dealkylation sites (tertiary alicyclic amines) is 2. The highest BCUT2D eigenvalue weighted by molar-refractivity contribution is 7.80. The topological polar surface area (TPSA) is 35.6 Å². The minimum atomic E-state index is 0.191. The van der Waals surface area contributed by atoms with Gasteiger partial charge in [-0.25, -0.2) is 0 Å². The summed E-state index contributed by atoms with van der Waals surface area (Å²) in [6, 6.07) is 10.5. The molecule has 26 heavy (non-hydrogen) atoms. The molecule has 0 aromatic heterocycles. The van der Waals surface area contributed by atoms with Crippen molar-refractivity contribution in [2.75, 3.05) is 32.7 Å². The molecule has 1 aromatic carbocycles. The summed E-state index contributed by atoms with van der Waals surface area (Å²) in [6.45, 7) is 4.55. The third kappa shape index (κ3) is 5.44. The molecule has 5 heteroatoms. The second-order valence-electron chi connectivity index (χ2n) is 7.47. The molecule has 4 nitrogen and oxygen atoms in total. The largest absolute Gasteiger partial charge is 0.362 e. The molecule has 0 spiro atoms. The van der Waals surface area contributed by atoms with Crippen LogP contribution in [0.2, 0.25) is 0 Å². The number of amides is 1. The molecule has 142 valence electrons. The van der Waals surface area contributed by atoms with Gasteiger partial charge in [0.05, 0.1) is 0 Å². The SMILES string of the molecule is O=C(C1CCN(C(=S)NCCc2ccccc2)CC1)N1CCCCCC1. The Hall–Kier alpha value is -1.62. The van der Waals surface area contributed by atoms with Gasteiger partial charge in [0, 0.05) is 38.6 Å². The van der Waals surface area contributed by atoms with E-state index in [9.17, 15) is 4.79 Å². The van der Waals surface area contributed by atoms with E-state index in [4.69, 9.17) is 12.2 Å². The first-order valence-corrected chi connectivity index (χ1v) is 10.5. The standard InChI is InChI=1S/C21H31N3OS/c25-20(23-14-6-1-2-7-15-23)19-11-16-24(17-12-19)21(26)22-13-10-18-8-4-3-5-9-18/h3-5,8-9,19H,1-2,6-7,10-17H2,(H,22,26). The van der Waals surface area contributed by atoms with Crippen LogP contribution in [0.5, 0.6) is 0 Å². The summed E-state index contributed by atoms with van der Waals surface area (Å²) in [5.41, 5.74) is 1.32. The van der Waals surface area contributed by atoms with E-state index in [1.54, 1.807) is 0 Å². The van der Waals surface area contributed by atoms with Crippen molar-refractivity contribution in [3.63, 3.8) is 0 Å². The fourth-order valence-electron chi connectivity index (χ4n) is 3.95. The van der Waals surface area contributed by atoms with Crippen LogP contribution in [-0.4, -0.2) is 53.5 Å². The maximum Gasteiger partial charge on any atom is 0.225 e. The van der Waals surface area contributed by atoms with Crippen molar-refractivity contribution in [2.45, 2.75) is 44.9 Å². The van der Waals surface area contributed by atoms with Crippen molar-refractivity contribution in [1.82, 2.24) is 15.1 Å². The molecule has 1 amide bonds. The van der Waals surface area contributed by atoms with Crippen LogP contribution in [-0.2, 0) is 11.2 Å². The van der Waals surface area contributed by atoms with Crippen LogP contribution in [0.25, 0.3) is 0 Å². The Kier molecular flexibility index (Phi) is 7.30. The molecule has 1 aromatic rings. The maximum absolute atomic E-state index is 12.8. The van der Waals surface area contributed by atoms with Gasteiger partial charge in [0.15, 0.2) is 5.11 Å². The van der Waals surface area contributed by atoms with Gasteiger partial charge < -0.3 is 15.1 Å². The molecule has 3 rings (SSSR count). The van der Waals surface area contributed by atoms with Gasteiger partial charge in [-0.3, -0.25) is 4.79 Å². The zero-order valence-corrected chi connectivity index (χ0v) is 16.5. The van der Waals surface area contributed by atoms with Crippen molar-refractivity contribution in [2.24, 2.45) is 5.92 Å². The van der Waals surface area contributed by atoms with Crippen LogP contribution in [0.4, 0.5) is 0 Å². The first-order chi connectivity index (χ1) is 12.7. The van der Waals surface area contributed by atoms with E-state index in [1.165, 1.54) is 31.2 Å². The number of piperidine rings is 1. The number of hydrogen-bond acceptors (Lipinski definition) is 2. The fourth-order valence-corrected chi connectivity index (χ4v) is 4.23. The molecule has 2 aliphatic rings. The van der Waals surface area contributed by atoms with E-state index in [0.29, 0.717) is 5.91 Å². The fraction of sp³-hybridized carbons (Fsp3) is 0.619. The first-order valence-electron chi connectivity index (χ1n) is 10.1. The van der Waals surface area contributed by atoms with Crippen LogP contribution in [0.3, 0.4) is 0 Å². The molecule has 0 bridgehead atoms. The van der Waals surface area contributed by atoms with Crippen molar-refractivity contribution in [3.05, 3.63) is 35.9 Å². The lowest BCUT2D eigenvalue weighted by Gasteiger charge is -2.35. The Morgan fingerprint density at radius 3 is 2.27 bits per heavy atom. The lowest BCUT2D eigenvalue weighted by molar-refractivity contribution is -0.136. The van der Waals surface area contributed by atoms with E-state index < -0.39 is 0 Å². The number of hydrogen-bond donors (Lipinski definition) is 1. The summed E-state index contributed by atoms with van der Waals surface area (Å²) >= 11 is 5.56. The maximum atomic E-state index is 12.8.